The summed E-state index contributed by atoms with van der Waals surface area (Å²) in [6.45, 7) is 0.715. The van der Waals surface area contributed by atoms with Crippen molar-refractivity contribution in [3.8, 4) is 0 Å². The number of anilines is 2. The number of carbonyl (C=O) groups is 2. The van der Waals surface area contributed by atoms with Crippen LogP contribution in [0, 0.1) is 0 Å². The molecule has 0 saturated heterocycles. The summed E-state index contributed by atoms with van der Waals surface area (Å²) in [4.78, 5) is 26.2. The van der Waals surface area contributed by atoms with Gasteiger partial charge in [-0.3, -0.25) is 9.59 Å². The van der Waals surface area contributed by atoms with Crippen molar-refractivity contribution in [2.75, 3.05) is 10.2 Å². The summed E-state index contributed by atoms with van der Waals surface area (Å²) in [5.41, 5.74) is 3.62. The van der Waals surface area contributed by atoms with Crippen molar-refractivity contribution in [3.05, 3.63) is 95.6 Å². The van der Waals surface area contributed by atoms with E-state index in [4.69, 9.17) is 0 Å². The molecule has 4 rings (SSSR count). The number of fused-ring (bicyclic) bond motifs is 1. The second-order valence-corrected chi connectivity index (χ2v) is 5.88. The van der Waals surface area contributed by atoms with Gasteiger partial charge in [0, 0.05) is 12.2 Å². The Morgan fingerprint density at radius 2 is 1.24 bits per heavy atom. The van der Waals surface area contributed by atoms with Gasteiger partial charge in [0.05, 0.1) is 16.8 Å². The predicted molar refractivity (Wildman–Crippen MR) is 97.8 cm³/mol. The van der Waals surface area contributed by atoms with Gasteiger partial charge in [-0.2, -0.15) is 0 Å². The van der Waals surface area contributed by atoms with E-state index in [0.717, 1.165) is 5.69 Å². The highest BCUT2D eigenvalue weighted by Gasteiger charge is 2.36. The molecule has 1 aliphatic rings. The molecular weight excluding hydrogens is 312 g/mol. The van der Waals surface area contributed by atoms with Crippen molar-refractivity contribution >= 4 is 23.2 Å². The van der Waals surface area contributed by atoms with Crippen LogP contribution in [0.15, 0.2) is 78.9 Å². The van der Waals surface area contributed by atoms with Gasteiger partial charge in [0.2, 0.25) is 0 Å². The molecular formula is C21H16N2O2. The van der Waals surface area contributed by atoms with Gasteiger partial charge in [-0.15, -0.1) is 0 Å². The number of hydrogen-bond acceptors (Lipinski definition) is 3. The van der Waals surface area contributed by atoms with Gasteiger partial charge in [-0.1, -0.05) is 42.5 Å². The summed E-state index contributed by atoms with van der Waals surface area (Å²) in [6, 6.07) is 24.3. The minimum Gasteiger partial charge on any atom is -0.381 e. The van der Waals surface area contributed by atoms with Gasteiger partial charge < -0.3 is 5.32 Å². The Balaban J connectivity index is 1.51. The van der Waals surface area contributed by atoms with Crippen LogP contribution in [-0.4, -0.2) is 11.8 Å². The molecule has 0 atom stereocenters. The van der Waals surface area contributed by atoms with Crippen molar-refractivity contribution in [2.45, 2.75) is 6.54 Å². The lowest BCUT2D eigenvalue weighted by Gasteiger charge is -2.15. The Bertz CT molecular complexity index is 899. The summed E-state index contributed by atoms with van der Waals surface area (Å²) in [7, 11) is 0. The summed E-state index contributed by atoms with van der Waals surface area (Å²) >= 11 is 0. The van der Waals surface area contributed by atoms with Crippen LogP contribution >= 0.6 is 0 Å². The number of imide groups is 1. The summed E-state index contributed by atoms with van der Waals surface area (Å²) in [5, 5.41) is 3.33. The van der Waals surface area contributed by atoms with Crippen LogP contribution < -0.4 is 10.2 Å². The van der Waals surface area contributed by atoms with Crippen LogP contribution in [-0.2, 0) is 6.54 Å². The highest BCUT2D eigenvalue weighted by atomic mass is 16.2. The van der Waals surface area contributed by atoms with E-state index in [0.29, 0.717) is 23.4 Å². The Morgan fingerprint density at radius 3 is 1.84 bits per heavy atom. The van der Waals surface area contributed by atoms with E-state index in [1.165, 1.54) is 10.5 Å². The SMILES string of the molecule is O=C1c2ccccc2C(=O)N1c1ccc(NCc2ccccc2)cc1. The molecule has 0 bridgehead atoms. The highest BCUT2D eigenvalue weighted by molar-refractivity contribution is 6.34. The van der Waals surface area contributed by atoms with Gasteiger partial charge in [0.15, 0.2) is 0 Å². The van der Waals surface area contributed by atoms with Gasteiger partial charge in [0.1, 0.15) is 0 Å². The van der Waals surface area contributed by atoms with Crippen LogP contribution in [0.5, 0.6) is 0 Å². The van der Waals surface area contributed by atoms with Crippen LogP contribution in [0.3, 0.4) is 0 Å². The molecule has 4 nitrogen and oxygen atoms in total. The maximum atomic E-state index is 12.5. The molecule has 0 saturated carbocycles. The van der Waals surface area contributed by atoms with Crippen LogP contribution in [0.1, 0.15) is 26.3 Å². The maximum Gasteiger partial charge on any atom is 0.266 e. The van der Waals surface area contributed by atoms with E-state index in [2.05, 4.69) is 17.4 Å². The number of amides is 2. The number of nitrogens with one attached hydrogen (secondary N) is 1. The topological polar surface area (TPSA) is 49.4 Å². The quantitative estimate of drug-likeness (QED) is 0.734. The van der Waals surface area contributed by atoms with Crippen molar-refractivity contribution in [3.63, 3.8) is 0 Å². The second-order valence-electron chi connectivity index (χ2n) is 5.88. The number of nitrogens with zero attached hydrogens (tertiary/aromatic N) is 1. The molecule has 1 N–H and O–H groups in total. The van der Waals surface area contributed by atoms with Gasteiger partial charge in [0.25, 0.3) is 11.8 Å². The zero-order chi connectivity index (χ0) is 17.2. The molecule has 0 aromatic heterocycles. The van der Waals surface area contributed by atoms with E-state index in [1.54, 1.807) is 36.4 Å². The molecule has 25 heavy (non-hydrogen) atoms. The zero-order valence-electron chi connectivity index (χ0n) is 13.5. The first-order chi connectivity index (χ1) is 12.2. The van der Waals surface area contributed by atoms with E-state index >= 15 is 0 Å². The minimum atomic E-state index is -0.273. The first-order valence-corrected chi connectivity index (χ1v) is 8.10. The number of benzene rings is 3. The number of carbonyl (C=O) groups excluding carboxylic acids is 2. The van der Waals surface area contributed by atoms with E-state index < -0.39 is 0 Å². The highest BCUT2D eigenvalue weighted by Crippen LogP contribution is 2.29. The van der Waals surface area contributed by atoms with Gasteiger partial charge in [-0.25, -0.2) is 4.90 Å². The van der Waals surface area contributed by atoms with Crippen LogP contribution in [0.4, 0.5) is 11.4 Å². The van der Waals surface area contributed by atoms with Crippen molar-refractivity contribution in [1.82, 2.24) is 0 Å². The Morgan fingerprint density at radius 1 is 0.680 bits per heavy atom. The molecule has 4 heteroatoms. The van der Waals surface area contributed by atoms with Crippen molar-refractivity contribution in [2.24, 2.45) is 0 Å². The summed E-state index contributed by atoms with van der Waals surface area (Å²) in [5.74, 6) is -0.545. The smallest absolute Gasteiger partial charge is 0.266 e. The normalized spacial score (nSPS) is 13.0. The first-order valence-electron chi connectivity index (χ1n) is 8.10. The van der Waals surface area contributed by atoms with Gasteiger partial charge >= 0.3 is 0 Å². The van der Waals surface area contributed by atoms with E-state index in [1.807, 2.05) is 30.3 Å². The largest absolute Gasteiger partial charge is 0.381 e. The van der Waals surface area contributed by atoms with Crippen molar-refractivity contribution < 1.29 is 9.59 Å². The minimum absolute atomic E-state index is 0.273. The molecule has 2 amide bonds. The number of rotatable bonds is 4. The molecule has 0 radical (unpaired) electrons. The zero-order valence-corrected chi connectivity index (χ0v) is 13.5. The van der Waals surface area contributed by atoms with E-state index in [-0.39, 0.29) is 11.8 Å². The third-order valence-electron chi connectivity index (χ3n) is 4.26. The Labute approximate surface area is 145 Å². The lowest BCUT2D eigenvalue weighted by Crippen LogP contribution is -2.29. The molecule has 1 heterocycles. The Hall–Kier alpha value is -3.40. The lowest BCUT2D eigenvalue weighted by atomic mass is 10.1. The Kier molecular flexibility index (Phi) is 3.78. The molecule has 1 aliphatic heterocycles. The fourth-order valence-corrected chi connectivity index (χ4v) is 2.95. The molecule has 0 unspecified atom stereocenters. The second kappa shape index (κ2) is 6.24. The summed E-state index contributed by atoms with van der Waals surface area (Å²) in [6.07, 6.45) is 0. The predicted octanol–water partition coefficient (Wildman–Crippen LogP) is 4.10. The average Bonchev–Trinajstić information content (AvgIpc) is 2.93. The fraction of sp³-hybridized carbons (Fsp3) is 0.0476. The molecule has 3 aromatic carbocycles. The third-order valence-corrected chi connectivity index (χ3v) is 4.26. The third kappa shape index (κ3) is 2.78. The molecule has 3 aromatic rings. The van der Waals surface area contributed by atoms with E-state index in [9.17, 15) is 9.59 Å². The maximum absolute atomic E-state index is 12.5. The number of hydrogen-bond donors (Lipinski definition) is 1. The molecule has 0 fully saturated rings. The average molecular weight is 328 g/mol. The first kappa shape index (κ1) is 15.1. The van der Waals surface area contributed by atoms with Crippen molar-refractivity contribution in [1.29, 1.82) is 0 Å². The summed E-state index contributed by atoms with van der Waals surface area (Å²) < 4.78 is 0. The molecule has 0 spiro atoms. The standard InChI is InChI=1S/C21H16N2O2/c24-20-18-8-4-5-9-19(18)21(25)23(20)17-12-10-16(11-13-17)22-14-15-6-2-1-3-7-15/h1-13,22H,14H2. The monoisotopic (exact) mass is 328 g/mol. The fourth-order valence-electron chi connectivity index (χ4n) is 2.95. The van der Waals surface area contributed by atoms with Crippen LogP contribution in [0.2, 0.25) is 0 Å². The molecule has 0 aliphatic carbocycles. The lowest BCUT2D eigenvalue weighted by molar-refractivity contribution is 0.0926. The van der Waals surface area contributed by atoms with Crippen LogP contribution in [0.25, 0.3) is 0 Å². The van der Waals surface area contributed by atoms with Gasteiger partial charge in [-0.05, 0) is 42.0 Å². The molecule has 122 valence electrons.